The summed E-state index contributed by atoms with van der Waals surface area (Å²) in [7, 11) is 1.39. The molecule has 1 amide bonds. The molecule has 7 heteroatoms. The molecular formula is C21H27N2O3S2+. The minimum absolute atomic E-state index is 0.105. The van der Waals surface area contributed by atoms with Crippen molar-refractivity contribution in [2.24, 2.45) is 0 Å². The van der Waals surface area contributed by atoms with Gasteiger partial charge in [-0.2, -0.15) is 0 Å². The van der Waals surface area contributed by atoms with E-state index < -0.39 is 0 Å². The average molecular weight is 420 g/mol. The number of methoxy groups -OCH3 is 1. The molecule has 1 aromatic carbocycles. The van der Waals surface area contributed by atoms with Gasteiger partial charge in [-0.1, -0.05) is 24.6 Å². The second kappa shape index (κ2) is 9.58. The maximum absolute atomic E-state index is 12.5. The lowest BCUT2D eigenvalue weighted by Gasteiger charge is -2.23. The molecule has 0 fully saturated rings. The molecule has 2 aromatic rings. The number of benzene rings is 1. The normalized spacial score (nSPS) is 15.8. The van der Waals surface area contributed by atoms with Crippen LogP contribution in [0.3, 0.4) is 0 Å². The van der Waals surface area contributed by atoms with E-state index in [1.807, 2.05) is 31.2 Å². The number of amides is 1. The maximum atomic E-state index is 12.5. The van der Waals surface area contributed by atoms with Gasteiger partial charge in [0.2, 0.25) is 5.91 Å². The van der Waals surface area contributed by atoms with E-state index in [9.17, 15) is 9.59 Å². The molecule has 0 saturated heterocycles. The average Bonchev–Trinajstić information content (AvgIpc) is 3.04. The van der Waals surface area contributed by atoms with E-state index in [1.165, 1.54) is 45.5 Å². The van der Waals surface area contributed by atoms with E-state index in [-0.39, 0.29) is 11.9 Å². The van der Waals surface area contributed by atoms with Gasteiger partial charge < -0.3 is 15.0 Å². The third-order valence-electron chi connectivity index (χ3n) is 4.87. The van der Waals surface area contributed by atoms with Gasteiger partial charge in [-0.25, -0.2) is 4.79 Å². The van der Waals surface area contributed by atoms with E-state index in [0.717, 1.165) is 42.9 Å². The number of esters is 1. The Bertz CT molecular complexity index is 846. The van der Waals surface area contributed by atoms with Crippen molar-refractivity contribution in [1.29, 1.82) is 0 Å². The van der Waals surface area contributed by atoms with Gasteiger partial charge in [0, 0.05) is 11.3 Å². The Hall–Kier alpha value is -1.83. The van der Waals surface area contributed by atoms with Crippen LogP contribution in [0, 0.1) is 6.92 Å². The van der Waals surface area contributed by atoms with Crippen LogP contribution in [0.25, 0.3) is 0 Å². The van der Waals surface area contributed by atoms with Crippen molar-refractivity contribution >= 4 is 40.0 Å². The zero-order valence-electron chi connectivity index (χ0n) is 16.6. The Kier molecular flexibility index (Phi) is 7.15. The summed E-state index contributed by atoms with van der Waals surface area (Å²) in [5.74, 6) is -0.163. The third kappa shape index (κ3) is 4.96. The molecule has 0 saturated carbocycles. The number of nitrogens with one attached hydrogen (secondary N) is 2. The zero-order valence-corrected chi connectivity index (χ0v) is 18.2. The highest BCUT2D eigenvalue weighted by molar-refractivity contribution is 8.00. The Morgan fingerprint density at radius 2 is 2.04 bits per heavy atom. The first-order valence-electron chi connectivity index (χ1n) is 9.57. The summed E-state index contributed by atoms with van der Waals surface area (Å²) >= 11 is 3.01. The standard InChI is InChI=1S/C21H26N2O3S2/c1-4-10-23-11-9-16-17(12-23)28-20(19(16)21(25)26-3)22-18(24)13-27-15-7-5-14(2)6-8-15/h5-8H,4,9-13H2,1-3H3,(H,22,24)/p+1. The molecule has 0 radical (unpaired) electrons. The molecule has 0 spiro atoms. The Morgan fingerprint density at radius 1 is 1.29 bits per heavy atom. The van der Waals surface area contributed by atoms with Crippen LogP contribution < -0.4 is 10.2 Å². The summed E-state index contributed by atoms with van der Waals surface area (Å²) in [5.41, 5.74) is 2.80. The number of ether oxygens (including phenoxy) is 1. The molecule has 5 nitrogen and oxygen atoms in total. The van der Waals surface area contributed by atoms with Gasteiger partial charge in [0.05, 0.1) is 36.4 Å². The maximum Gasteiger partial charge on any atom is 0.341 e. The molecule has 1 atom stereocenters. The van der Waals surface area contributed by atoms with E-state index in [2.05, 4.69) is 12.2 Å². The Balaban J connectivity index is 1.72. The van der Waals surface area contributed by atoms with Gasteiger partial charge in [0.1, 0.15) is 11.5 Å². The minimum Gasteiger partial charge on any atom is -0.465 e. The van der Waals surface area contributed by atoms with Gasteiger partial charge in [-0.05, 0) is 31.0 Å². The molecule has 0 aliphatic carbocycles. The molecule has 3 rings (SSSR count). The molecular weight excluding hydrogens is 392 g/mol. The largest absolute Gasteiger partial charge is 0.465 e. The fourth-order valence-corrected chi connectivity index (χ4v) is 5.48. The first-order valence-corrected chi connectivity index (χ1v) is 11.4. The highest BCUT2D eigenvalue weighted by atomic mass is 32.2. The van der Waals surface area contributed by atoms with Crippen molar-refractivity contribution in [1.82, 2.24) is 0 Å². The molecule has 1 unspecified atom stereocenters. The lowest BCUT2D eigenvalue weighted by atomic mass is 10.0. The summed E-state index contributed by atoms with van der Waals surface area (Å²) in [6.45, 7) is 7.27. The van der Waals surface area contributed by atoms with Crippen LogP contribution in [0.5, 0.6) is 0 Å². The fourth-order valence-electron chi connectivity index (χ4n) is 3.46. The molecule has 2 heterocycles. The Labute approximate surface area is 174 Å². The highest BCUT2D eigenvalue weighted by Crippen LogP contribution is 2.35. The van der Waals surface area contributed by atoms with E-state index in [0.29, 0.717) is 16.3 Å². The number of fused-ring (bicyclic) bond motifs is 1. The summed E-state index contributed by atoms with van der Waals surface area (Å²) in [4.78, 5) is 28.7. The predicted molar refractivity (Wildman–Crippen MR) is 115 cm³/mol. The van der Waals surface area contributed by atoms with Crippen LogP contribution >= 0.6 is 23.1 Å². The first kappa shape index (κ1) is 20.9. The van der Waals surface area contributed by atoms with Gasteiger partial charge in [0.25, 0.3) is 0 Å². The fraction of sp³-hybridized carbons (Fsp3) is 0.429. The van der Waals surface area contributed by atoms with Crippen molar-refractivity contribution in [2.45, 2.75) is 38.1 Å². The van der Waals surface area contributed by atoms with Crippen LogP contribution in [0.1, 0.15) is 39.7 Å². The number of thiophene rings is 1. The van der Waals surface area contributed by atoms with Gasteiger partial charge in [-0.15, -0.1) is 23.1 Å². The number of thioether (sulfide) groups is 1. The number of hydrogen-bond acceptors (Lipinski definition) is 5. The first-order chi connectivity index (χ1) is 13.5. The number of carbonyl (C=O) groups is 2. The highest BCUT2D eigenvalue weighted by Gasteiger charge is 2.30. The van der Waals surface area contributed by atoms with Crippen molar-refractivity contribution in [3.05, 3.63) is 45.8 Å². The number of rotatable bonds is 7. The van der Waals surface area contributed by atoms with E-state index in [1.54, 1.807) is 0 Å². The lowest BCUT2D eigenvalue weighted by molar-refractivity contribution is -0.915. The summed E-state index contributed by atoms with van der Waals surface area (Å²) in [6.07, 6.45) is 1.99. The van der Waals surface area contributed by atoms with Gasteiger partial charge >= 0.3 is 5.97 Å². The van der Waals surface area contributed by atoms with Crippen molar-refractivity contribution in [3.63, 3.8) is 0 Å². The molecule has 1 aromatic heterocycles. The summed E-state index contributed by atoms with van der Waals surface area (Å²) in [5, 5.41) is 3.59. The van der Waals surface area contributed by atoms with Crippen LogP contribution in [0.4, 0.5) is 5.00 Å². The number of aryl methyl sites for hydroxylation is 1. The third-order valence-corrected chi connectivity index (χ3v) is 7.03. The second-order valence-electron chi connectivity index (χ2n) is 7.03. The second-order valence-corrected chi connectivity index (χ2v) is 9.18. The molecule has 150 valence electrons. The summed E-state index contributed by atoms with van der Waals surface area (Å²) in [6, 6.07) is 8.10. The monoisotopic (exact) mass is 419 g/mol. The predicted octanol–water partition coefficient (Wildman–Crippen LogP) is 2.92. The number of carbonyl (C=O) groups excluding carboxylic acids is 2. The molecule has 1 aliphatic rings. The number of anilines is 1. The van der Waals surface area contributed by atoms with Crippen molar-refractivity contribution in [2.75, 3.05) is 31.3 Å². The van der Waals surface area contributed by atoms with Crippen molar-refractivity contribution < 1.29 is 19.2 Å². The molecule has 28 heavy (non-hydrogen) atoms. The van der Waals surface area contributed by atoms with Crippen LogP contribution in [0.2, 0.25) is 0 Å². The Morgan fingerprint density at radius 3 is 2.71 bits per heavy atom. The SMILES string of the molecule is CCC[NH+]1CCc2c(sc(NC(=O)CSc3ccc(C)cc3)c2C(=O)OC)C1. The molecule has 0 bridgehead atoms. The number of hydrogen-bond donors (Lipinski definition) is 2. The quantitative estimate of drug-likeness (QED) is 0.535. The smallest absolute Gasteiger partial charge is 0.341 e. The molecule has 1 aliphatic heterocycles. The van der Waals surface area contributed by atoms with E-state index in [4.69, 9.17) is 4.74 Å². The van der Waals surface area contributed by atoms with Crippen molar-refractivity contribution in [3.8, 4) is 0 Å². The van der Waals surface area contributed by atoms with Crippen LogP contribution in [0.15, 0.2) is 29.2 Å². The minimum atomic E-state index is -0.363. The zero-order chi connectivity index (χ0) is 20.1. The van der Waals surface area contributed by atoms with Crippen LogP contribution in [-0.4, -0.2) is 37.8 Å². The summed E-state index contributed by atoms with van der Waals surface area (Å²) < 4.78 is 5.00. The van der Waals surface area contributed by atoms with E-state index >= 15 is 0 Å². The van der Waals surface area contributed by atoms with Gasteiger partial charge in [0.15, 0.2) is 0 Å². The molecule has 2 N–H and O–H groups in total. The lowest BCUT2D eigenvalue weighted by Crippen LogP contribution is -3.11. The number of quaternary nitrogens is 1. The van der Waals surface area contributed by atoms with Gasteiger partial charge in [-0.3, -0.25) is 4.79 Å². The van der Waals surface area contributed by atoms with Crippen LogP contribution in [-0.2, 0) is 22.5 Å². The topological polar surface area (TPSA) is 59.8 Å².